The van der Waals surface area contributed by atoms with Crippen LogP contribution in [0, 0.1) is 18.6 Å². The predicted octanol–water partition coefficient (Wildman–Crippen LogP) is 3.83. The van der Waals surface area contributed by atoms with Gasteiger partial charge >= 0.3 is 0 Å². The van der Waals surface area contributed by atoms with Crippen LogP contribution in [0.25, 0.3) is 0 Å². The van der Waals surface area contributed by atoms with Crippen molar-refractivity contribution in [3.63, 3.8) is 0 Å². The maximum atomic E-state index is 14.0. The minimum atomic E-state index is -4.01. The Morgan fingerprint density at radius 2 is 1.83 bits per heavy atom. The van der Waals surface area contributed by atoms with E-state index >= 15 is 0 Å². The molecular weight excluding hydrogens is 428 g/mol. The summed E-state index contributed by atoms with van der Waals surface area (Å²) in [6.07, 6.45) is 0.746. The van der Waals surface area contributed by atoms with Crippen LogP contribution in [-0.2, 0) is 16.4 Å². The molecular formula is C21H21F2N3O2S2. The van der Waals surface area contributed by atoms with Crippen molar-refractivity contribution >= 4 is 26.5 Å². The molecule has 4 rings (SSSR count). The number of piperazine rings is 1. The number of anilines is 1. The Morgan fingerprint density at radius 3 is 2.53 bits per heavy atom. The van der Waals surface area contributed by atoms with Crippen LogP contribution in [0.5, 0.6) is 0 Å². The number of sulfonamides is 1. The zero-order valence-corrected chi connectivity index (χ0v) is 18.0. The number of hydrogen-bond acceptors (Lipinski definition) is 5. The van der Waals surface area contributed by atoms with Crippen LogP contribution in [0.3, 0.4) is 0 Å². The topological polar surface area (TPSA) is 53.5 Å². The highest BCUT2D eigenvalue weighted by atomic mass is 32.2. The van der Waals surface area contributed by atoms with E-state index in [2.05, 4.69) is 25.1 Å². The van der Waals surface area contributed by atoms with E-state index in [1.165, 1.54) is 26.8 Å². The molecule has 1 aliphatic rings. The molecule has 158 valence electrons. The zero-order chi connectivity index (χ0) is 21.3. The number of benzene rings is 2. The van der Waals surface area contributed by atoms with E-state index in [0.717, 1.165) is 29.4 Å². The van der Waals surface area contributed by atoms with Crippen LogP contribution in [0.15, 0.2) is 52.7 Å². The van der Waals surface area contributed by atoms with E-state index < -0.39 is 26.6 Å². The molecule has 0 N–H and O–H groups in total. The maximum absolute atomic E-state index is 14.0. The van der Waals surface area contributed by atoms with E-state index in [4.69, 9.17) is 4.98 Å². The lowest BCUT2D eigenvalue weighted by atomic mass is 10.1. The molecule has 30 heavy (non-hydrogen) atoms. The minimum Gasteiger partial charge on any atom is -0.345 e. The van der Waals surface area contributed by atoms with Crippen molar-refractivity contribution in [2.75, 3.05) is 31.1 Å². The molecule has 2 aromatic carbocycles. The normalized spacial score (nSPS) is 15.5. The monoisotopic (exact) mass is 449 g/mol. The van der Waals surface area contributed by atoms with Gasteiger partial charge in [-0.25, -0.2) is 22.2 Å². The Balaban J connectivity index is 1.42. The molecule has 0 amide bonds. The van der Waals surface area contributed by atoms with Crippen LogP contribution < -0.4 is 4.90 Å². The summed E-state index contributed by atoms with van der Waals surface area (Å²) in [5, 5.41) is 2.87. The van der Waals surface area contributed by atoms with Crippen molar-refractivity contribution in [2.45, 2.75) is 18.2 Å². The fraction of sp³-hybridized carbons (Fsp3) is 0.286. The van der Waals surface area contributed by atoms with Gasteiger partial charge in [0.2, 0.25) is 10.0 Å². The third kappa shape index (κ3) is 4.38. The molecule has 9 heteroatoms. The lowest BCUT2D eigenvalue weighted by Crippen LogP contribution is -2.48. The summed E-state index contributed by atoms with van der Waals surface area (Å²) < 4.78 is 53.8. The molecule has 0 atom stereocenters. The van der Waals surface area contributed by atoms with Crippen LogP contribution in [0.1, 0.15) is 16.8 Å². The average molecular weight is 450 g/mol. The lowest BCUT2D eigenvalue weighted by Gasteiger charge is -2.33. The van der Waals surface area contributed by atoms with Gasteiger partial charge in [0.15, 0.2) is 5.13 Å². The number of aryl methyl sites for hydroxylation is 1. The van der Waals surface area contributed by atoms with E-state index in [0.29, 0.717) is 19.2 Å². The van der Waals surface area contributed by atoms with Crippen LogP contribution in [-0.4, -0.2) is 43.9 Å². The van der Waals surface area contributed by atoms with Crippen LogP contribution in [0.2, 0.25) is 0 Å². The average Bonchev–Trinajstić information content (AvgIpc) is 3.16. The largest absolute Gasteiger partial charge is 0.345 e. The van der Waals surface area contributed by atoms with Crippen LogP contribution in [0.4, 0.5) is 13.9 Å². The highest BCUT2D eigenvalue weighted by molar-refractivity contribution is 7.89. The SMILES string of the molecule is Cc1cccc(Cc2csc(N3CCN(S(=O)(=O)c4ccc(F)cc4F)CC3)n2)c1. The second-order valence-electron chi connectivity index (χ2n) is 7.25. The van der Waals surface area contributed by atoms with Gasteiger partial charge < -0.3 is 4.90 Å². The molecule has 5 nitrogen and oxygen atoms in total. The van der Waals surface area contributed by atoms with Gasteiger partial charge in [0, 0.05) is 44.0 Å². The van der Waals surface area contributed by atoms with Gasteiger partial charge in [0.1, 0.15) is 16.5 Å². The molecule has 2 heterocycles. The number of rotatable bonds is 5. The van der Waals surface area contributed by atoms with E-state index in [1.54, 1.807) is 0 Å². The molecule has 3 aromatic rings. The van der Waals surface area contributed by atoms with Crippen molar-refractivity contribution in [3.05, 3.63) is 76.3 Å². The smallest absolute Gasteiger partial charge is 0.246 e. The summed E-state index contributed by atoms with van der Waals surface area (Å²) in [5.41, 5.74) is 3.38. The summed E-state index contributed by atoms with van der Waals surface area (Å²) in [5.74, 6) is -1.88. The molecule has 0 radical (unpaired) electrons. The molecule has 0 bridgehead atoms. The van der Waals surface area contributed by atoms with Gasteiger partial charge in [-0.05, 0) is 24.6 Å². The fourth-order valence-corrected chi connectivity index (χ4v) is 5.84. The first kappa shape index (κ1) is 20.9. The van der Waals surface area contributed by atoms with Gasteiger partial charge in [0.05, 0.1) is 5.69 Å². The Morgan fingerprint density at radius 1 is 1.07 bits per heavy atom. The summed E-state index contributed by atoms with van der Waals surface area (Å²) in [7, 11) is -4.01. The Hall–Kier alpha value is -2.36. The first-order chi connectivity index (χ1) is 14.3. The molecule has 1 aromatic heterocycles. The molecule has 0 saturated carbocycles. The van der Waals surface area contributed by atoms with Crippen molar-refractivity contribution in [3.8, 4) is 0 Å². The number of nitrogens with zero attached hydrogens (tertiary/aromatic N) is 3. The number of hydrogen-bond donors (Lipinski definition) is 0. The van der Waals surface area contributed by atoms with Gasteiger partial charge in [-0.1, -0.05) is 29.8 Å². The molecule has 0 unspecified atom stereocenters. The molecule has 1 saturated heterocycles. The second-order valence-corrected chi connectivity index (χ2v) is 10.00. The fourth-order valence-electron chi connectivity index (χ4n) is 3.50. The highest BCUT2D eigenvalue weighted by Crippen LogP contribution is 2.26. The van der Waals surface area contributed by atoms with Crippen molar-refractivity contribution in [1.29, 1.82) is 0 Å². The summed E-state index contributed by atoms with van der Waals surface area (Å²) >= 11 is 1.53. The zero-order valence-electron chi connectivity index (χ0n) is 16.4. The first-order valence-electron chi connectivity index (χ1n) is 9.53. The van der Waals surface area contributed by atoms with Gasteiger partial charge in [0.25, 0.3) is 0 Å². The summed E-state index contributed by atoms with van der Waals surface area (Å²) in [6.45, 7) is 3.40. The number of thiazole rings is 1. The molecule has 0 spiro atoms. The molecule has 0 aliphatic carbocycles. The summed E-state index contributed by atoms with van der Waals surface area (Å²) in [6, 6.07) is 10.8. The van der Waals surface area contributed by atoms with Gasteiger partial charge in [-0.15, -0.1) is 11.3 Å². The van der Waals surface area contributed by atoms with Crippen molar-refractivity contribution in [1.82, 2.24) is 9.29 Å². The van der Waals surface area contributed by atoms with Crippen molar-refractivity contribution < 1.29 is 17.2 Å². The van der Waals surface area contributed by atoms with E-state index in [-0.39, 0.29) is 13.1 Å². The lowest BCUT2D eigenvalue weighted by molar-refractivity contribution is 0.382. The molecule has 1 fully saturated rings. The van der Waals surface area contributed by atoms with Crippen LogP contribution >= 0.6 is 11.3 Å². The Bertz CT molecular complexity index is 1160. The number of aromatic nitrogens is 1. The quantitative estimate of drug-likeness (QED) is 0.594. The summed E-state index contributed by atoms with van der Waals surface area (Å²) in [4.78, 5) is 6.25. The Kier molecular flexibility index (Phi) is 5.86. The molecule has 1 aliphatic heterocycles. The maximum Gasteiger partial charge on any atom is 0.246 e. The second kappa shape index (κ2) is 8.41. The van der Waals surface area contributed by atoms with Gasteiger partial charge in [-0.2, -0.15) is 4.31 Å². The third-order valence-corrected chi connectivity index (χ3v) is 7.91. The Labute approximate surface area is 178 Å². The van der Waals surface area contributed by atoms with E-state index in [1.807, 2.05) is 16.3 Å². The van der Waals surface area contributed by atoms with Gasteiger partial charge in [-0.3, -0.25) is 0 Å². The van der Waals surface area contributed by atoms with Crippen molar-refractivity contribution in [2.24, 2.45) is 0 Å². The predicted molar refractivity (Wildman–Crippen MR) is 113 cm³/mol. The standard InChI is InChI=1S/C21H21F2N3O2S2/c1-15-3-2-4-16(11-15)12-18-14-29-21(24-18)25-7-9-26(10-8-25)30(27,28)20-6-5-17(22)13-19(20)23/h2-6,11,13-14H,7-10,12H2,1H3. The minimum absolute atomic E-state index is 0.214. The van der Waals surface area contributed by atoms with E-state index in [9.17, 15) is 17.2 Å². The highest BCUT2D eigenvalue weighted by Gasteiger charge is 2.31. The number of halogens is 2. The third-order valence-electron chi connectivity index (χ3n) is 5.03. The first-order valence-corrected chi connectivity index (χ1v) is 11.8.